The molecule has 0 atom stereocenters. The first kappa shape index (κ1) is 15.9. The van der Waals surface area contributed by atoms with Crippen LogP contribution < -0.4 is 10.5 Å². The minimum atomic E-state index is -0.413. The lowest BCUT2D eigenvalue weighted by atomic mass is 10.1. The Balaban J connectivity index is 2.17. The van der Waals surface area contributed by atoms with E-state index in [4.69, 9.17) is 10.5 Å². The average molecular weight is 326 g/mol. The average Bonchev–Trinajstić information content (AvgIpc) is 2.93. The monoisotopic (exact) mass is 326 g/mol. The molecule has 0 aliphatic rings. The van der Waals surface area contributed by atoms with Crippen LogP contribution in [-0.4, -0.2) is 27.5 Å². The topological polar surface area (TPSA) is 95.7 Å². The van der Waals surface area contributed by atoms with Crippen molar-refractivity contribution in [2.24, 2.45) is 5.73 Å². The number of aromatic nitrogens is 2. The maximum absolute atomic E-state index is 11.1. The minimum Gasteiger partial charge on any atom is -0.494 e. The summed E-state index contributed by atoms with van der Waals surface area (Å²) in [5, 5.41) is 11.1. The Morgan fingerprint density at radius 3 is 2.62 bits per heavy atom. The Morgan fingerprint density at radius 2 is 2.00 bits per heavy atom. The molecule has 0 aliphatic carbocycles. The van der Waals surface area contributed by atoms with Crippen LogP contribution in [0.25, 0.3) is 16.9 Å². The van der Waals surface area contributed by atoms with Crippen LogP contribution >= 0.6 is 0 Å². The van der Waals surface area contributed by atoms with Crippen LogP contribution in [0.4, 0.5) is 5.69 Å². The number of nitrogens with zero attached hydrogens (tertiary/aromatic N) is 3. The summed E-state index contributed by atoms with van der Waals surface area (Å²) in [6, 6.07) is 10.7. The molecule has 0 amide bonds. The number of hydrogen-bond donors (Lipinski definition) is 1. The van der Waals surface area contributed by atoms with Gasteiger partial charge in [-0.25, -0.2) is 4.98 Å². The molecule has 24 heavy (non-hydrogen) atoms. The van der Waals surface area contributed by atoms with Gasteiger partial charge < -0.3 is 10.5 Å². The number of rotatable bonds is 6. The molecule has 1 aromatic carbocycles. The normalized spacial score (nSPS) is 10.9. The molecule has 2 N–H and O–H groups in total. The van der Waals surface area contributed by atoms with E-state index in [1.807, 2.05) is 31.2 Å². The molecule has 0 unspecified atom stereocenters. The number of fused-ring (bicyclic) bond motifs is 1. The fourth-order valence-corrected chi connectivity index (χ4v) is 2.68. The summed E-state index contributed by atoms with van der Waals surface area (Å²) in [6.45, 7) is 2.98. The second-order valence-electron chi connectivity index (χ2n) is 5.28. The van der Waals surface area contributed by atoms with E-state index in [0.29, 0.717) is 25.2 Å². The molecule has 0 saturated heterocycles. The van der Waals surface area contributed by atoms with Crippen LogP contribution in [0.1, 0.15) is 12.6 Å². The summed E-state index contributed by atoms with van der Waals surface area (Å²) in [6.07, 6.45) is 2.09. The van der Waals surface area contributed by atoms with E-state index in [9.17, 15) is 10.1 Å². The number of hydrogen-bond acceptors (Lipinski definition) is 5. The van der Waals surface area contributed by atoms with Crippen LogP contribution in [0.3, 0.4) is 0 Å². The zero-order chi connectivity index (χ0) is 17.1. The maximum atomic E-state index is 11.1. The predicted octanol–water partition coefficient (Wildman–Crippen LogP) is 2.81. The fraction of sp³-hybridized carbons (Fsp3) is 0.235. The van der Waals surface area contributed by atoms with Crippen molar-refractivity contribution in [3.63, 3.8) is 0 Å². The highest BCUT2D eigenvalue weighted by molar-refractivity contribution is 5.68. The van der Waals surface area contributed by atoms with Gasteiger partial charge in [0.25, 0.3) is 5.69 Å². The molecule has 3 rings (SSSR count). The van der Waals surface area contributed by atoms with E-state index in [1.165, 1.54) is 12.3 Å². The highest BCUT2D eigenvalue weighted by atomic mass is 16.6. The molecule has 0 spiro atoms. The Labute approximate surface area is 138 Å². The fourth-order valence-electron chi connectivity index (χ4n) is 2.68. The van der Waals surface area contributed by atoms with Gasteiger partial charge in [-0.1, -0.05) is 0 Å². The van der Waals surface area contributed by atoms with E-state index < -0.39 is 4.92 Å². The molecule has 3 aromatic rings. The number of ether oxygens (including phenoxy) is 1. The third kappa shape index (κ3) is 2.93. The zero-order valence-corrected chi connectivity index (χ0v) is 13.3. The highest BCUT2D eigenvalue weighted by Gasteiger charge is 2.16. The molecular formula is C17H18N4O3. The van der Waals surface area contributed by atoms with Gasteiger partial charge in [0, 0.05) is 18.1 Å². The van der Waals surface area contributed by atoms with E-state index in [2.05, 4.69) is 4.98 Å². The predicted molar refractivity (Wildman–Crippen MR) is 91.2 cm³/mol. The lowest BCUT2D eigenvalue weighted by molar-refractivity contribution is -0.385. The number of benzene rings is 1. The highest BCUT2D eigenvalue weighted by Crippen LogP contribution is 2.29. The Morgan fingerprint density at radius 1 is 1.25 bits per heavy atom. The van der Waals surface area contributed by atoms with Crippen molar-refractivity contribution in [2.45, 2.75) is 13.3 Å². The quantitative estimate of drug-likeness (QED) is 0.555. The van der Waals surface area contributed by atoms with Gasteiger partial charge in [-0.15, -0.1) is 0 Å². The van der Waals surface area contributed by atoms with E-state index in [1.54, 1.807) is 10.5 Å². The lowest BCUT2D eigenvalue weighted by Crippen LogP contribution is -2.04. The Hall–Kier alpha value is -2.93. The second kappa shape index (κ2) is 6.67. The van der Waals surface area contributed by atoms with Crippen molar-refractivity contribution in [3.05, 3.63) is 58.4 Å². The molecular weight excluding hydrogens is 308 g/mol. The van der Waals surface area contributed by atoms with Crippen molar-refractivity contribution in [1.82, 2.24) is 9.38 Å². The van der Waals surface area contributed by atoms with Crippen molar-refractivity contribution < 1.29 is 9.66 Å². The Bertz CT molecular complexity index is 871. The lowest BCUT2D eigenvalue weighted by Gasteiger charge is -2.07. The molecule has 7 nitrogen and oxygen atoms in total. The number of pyridine rings is 1. The smallest absolute Gasteiger partial charge is 0.286 e. The molecule has 2 aromatic heterocycles. The minimum absolute atomic E-state index is 0.0198. The van der Waals surface area contributed by atoms with Gasteiger partial charge in [0.2, 0.25) is 0 Å². The van der Waals surface area contributed by atoms with E-state index in [-0.39, 0.29) is 5.69 Å². The van der Waals surface area contributed by atoms with Crippen LogP contribution in [-0.2, 0) is 6.42 Å². The van der Waals surface area contributed by atoms with E-state index >= 15 is 0 Å². The van der Waals surface area contributed by atoms with Gasteiger partial charge in [-0.05, 0) is 43.8 Å². The summed E-state index contributed by atoms with van der Waals surface area (Å²) >= 11 is 0. The van der Waals surface area contributed by atoms with Crippen LogP contribution in [0.5, 0.6) is 5.75 Å². The maximum Gasteiger partial charge on any atom is 0.286 e. The van der Waals surface area contributed by atoms with Crippen molar-refractivity contribution >= 4 is 11.3 Å². The third-order valence-electron chi connectivity index (χ3n) is 3.71. The van der Waals surface area contributed by atoms with Crippen molar-refractivity contribution in [3.8, 4) is 17.0 Å². The molecule has 0 saturated carbocycles. The molecule has 0 aliphatic heterocycles. The van der Waals surface area contributed by atoms with Crippen LogP contribution in [0, 0.1) is 10.1 Å². The second-order valence-corrected chi connectivity index (χ2v) is 5.28. The summed E-state index contributed by atoms with van der Waals surface area (Å²) in [5.74, 6) is 0.779. The molecule has 0 fully saturated rings. The number of nitro groups is 1. The van der Waals surface area contributed by atoms with Gasteiger partial charge >= 0.3 is 0 Å². The van der Waals surface area contributed by atoms with Gasteiger partial charge in [0.1, 0.15) is 11.4 Å². The molecule has 124 valence electrons. The van der Waals surface area contributed by atoms with Gasteiger partial charge in [-0.2, -0.15) is 0 Å². The largest absolute Gasteiger partial charge is 0.494 e. The van der Waals surface area contributed by atoms with Crippen LogP contribution in [0.2, 0.25) is 0 Å². The standard InChI is InChI=1S/C17H18N4O3/c1-2-24-14-6-3-12(4-7-14)17-15(9-10-18)19-16-8-5-13(21(22)23)11-20(16)17/h3-8,11H,2,9-10,18H2,1H3. The number of imidazole rings is 1. The van der Waals surface area contributed by atoms with Gasteiger partial charge in [0.15, 0.2) is 0 Å². The molecule has 2 heterocycles. The van der Waals surface area contributed by atoms with Gasteiger partial charge in [-0.3, -0.25) is 14.5 Å². The first-order chi connectivity index (χ1) is 11.6. The van der Waals surface area contributed by atoms with Crippen molar-refractivity contribution in [1.29, 1.82) is 0 Å². The summed E-state index contributed by atoms with van der Waals surface area (Å²) in [4.78, 5) is 15.2. The SMILES string of the molecule is CCOc1ccc(-c2c(CCN)nc3ccc([N+](=O)[O-])cn23)cc1. The van der Waals surface area contributed by atoms with Crippen molar-refractivity contribution in [2.75, 3.05) is 13.2 Å². The summed E-state index contributed by atoms with van der Waals surface area (Å²) < 4.78 is 7.21. The first-order valence-electron chi connectivity index (χ1n) is 7.72. The Kier molecular flexibility index (Phi) is 4.43. The third-order valence-corrected chi connectivity index (χ3v) is 3.71. The first-order valence-corrected chi connectivity index (χ1v) is 7.72. The zero-order valence-electron chi connectivity index (χ0n) is 13.3. The molecule has 7 heteroatoms. The molecule has 0 radical (unpaired) electrons. The number of nitrogens with two attached hydrogens (primary N) is 1. The van der Waals surface area contributed by atoms with Crippen LogP contribution in [0.15, 0.2) is 42.6 Å². The van der Waals surface area contributed by atoms with Gasteiger partial charge in [0.05, 0.1) is 29.1 Å². The summed E-state index contributed by atoms with van der Waals surface area (Å²) in [5.41, 5.74) is 8.93. The molecule has 0 bridgehead atoms. The van der Waals surface area contributed by atoms with E-state index in [0.717, 1.165) is 22.7 Å². The summed E-state index contributed by atoms with van der Waals surface area (Å²) in [7, 11) is 0.